The number of nitrogens with two attached hydrogens (primary N) is 1. The number of rotatable bonds is 4. The lowest BCUT2D eigenvalue weighted by Crippen LogP contribution is -2.00. The van der Waals surface area contributed by atoms with Crippen LogP contribution >= 0.6 is 0 Å². The Labute approximate surface area is 161 Å². The Morgan fingerprint density at radius 3 is 2.21 bits per heavy atom. The summed E-state index contributed by atoms with van der Waals surface area (Å²) in [5.74, 6) is 0. The number of aryl methyl sites for hydroxylation is 1. The van der Waals surface area contributed by atoms with E-state index in [2.05, 4.69) is 10.2 Å². The first kappa shape index (κ1) is 19.9. The summed E-state index contributed by atoms with van der Waals surface area (Å²) < 4.78 is 63.9. The highest BCUT2D eigenvalue weighted by atomic mass is 32.2. The van der Waals surface area contributed by atoms with Gasteiger partial charge in [-0.05, 0) is 48.2 Å². The van der Waals surface area contributed by atoms with Crippen LogP contribution in [0.25, 0.3) is 10.8 Å². The van der Waals surface area contributed by atoms with Gasteiger partial charge in [0.25, 0.3) is 20.2 Å². The molecule has 0 spiro atoms. The maximum absolute atomic E-state index is 11.4. The molecule has 3 aromatic rings. The van der Waals surface area contributed by atoms with Crippen molar-refractivity contribution in [3.05, 3.63) is 54.1 Å². The Kier molecular flexibility index (Phi) is 4.93. The summed E-state index contributed by atoms with van der Waals surface area (Å²) in [6, 6.07) is 11.1. The highest BCUT2D eigenvalue weighted by Crippen LogP contribution is 2.35. The van der Waals surface area contributed by atoms with Gasteiger partial charge in [-0.2, -0.15) is 21.9 Å². The third-order valence-electron chi connectivity index (χ3n) is 4.01. The average molecular weight is 421 g/mol. The van der Waals surface area contributed by atoms with E-state index >= 15 is 0 Å². The van der Waals surface area contributed by atoms with Crippen LogP contribution in [0.2, 0.25) is 0 Å². The van der Waals surface area contributed by atoms with Crippen molar-refractivity contribution in [3.63, 3.8) is 0 Å². The van der Waals surface area contributed by atoms with Gasteiger partial charge in [0.05, 0.1) is 21.2 Å². The molecule has 4 N–H and O–H groups in total. The standard InChI is InChI=1S/C17H15N3O6S2/c1-10-2-4-12(9-16(10)28(24,25)26)19-20-17-14-6-5-13(27(21,22)23)8-11(14)3-7-15(17)18/h2-9H,18H2,1H3,(H,21,22,23)(H,24,25,26). The molecule has 0 radical (unpaired) electrons. The smallest absolute Gasteiger partial charge is 0.294 e. The molecule has 0 aliphatic heterocycles. The number of nitrogens with zero attached hydrogens (tertiary/aromatic N) is 2. The Bertz CT molecular complexity index is 1330. The maximum atomic E-state index is 11.4. The molecule has 0 amide bonds. The third kappa shape index (κ3) is 4.02. The molecule has 9 nitrogen and oxygen atoms in total. The molecule has 0 unspecified atom stereocenters. The Balaban J connectivity index is 2.11. The van der Waals surface area contributed by atoms with Gasteiger partial charge in [-0.3, -0.25) is 9.11 Å². The summed E-state index contributed by atoms with van der Waals surface area (Å²) in [6.45, 7) is 1.53. The van der Waals surface area contributed by atoms with Gasteiger partial charge in [-0.1, -0.05) is 18.2 Å². The fourth-order valence-corrected chi connectivity index (χ4v) is 3.88. The molecule has 0 bridgehead atoms. The van der Waals surface area contributed by atoms with E-state index in [1.165, 1.54) is 49.4 Å². The average Bonchev–Trinajstić information content (AvgIpc) is 2.60. The number of benzene rings is 3. The first-order chi connectivity index (χ1) is 13.0. The molecule has 0 aliphatic rings. The second-order valence-corrected chi connectivity index (χ2v) is 8.80. The molecular weight excluding hydrogens is 406 g/mol. The molecule has 11 heteroatoms. The van der Waals surface area contributed by atoms with Gasteiger partial charge in [0.1, 0.15) is 5.69 Å². The molecule has 0 saturated carbocycles. The second-order valence-electron chi connectivity index (χ2n) is 5.99. The van der Waals surface area contributed by atoms with Crippen molar-refractivity contribution in [1.82, 2.24) is 0 Å². The van der Waals surface area contributed by atoms with Crippen molar-refractivity contribution in [2.24, 2.45) is 10.2 Å². The number of fused-ring (bicyclic) bond motifs is 1. The minimum Gasteiger partial charge on any atom is -0.397 e. The third-order valence-corrected chi connectivity index (χ3v) is 5.85. The summed E-state index contributed by atoms with van der Waals surface area (Å²) in [4.78, 5) is -0.559. The Morgan fingerprint density at radius 2 is 1.57 bits per heavy atom. The van der Waals surface area contributed by atoms with Crippen LogP contribution in [0.4, 0.5) is 17.1 Å². The van der Waals surface area contributed by atoms with E-state index in [4.69, 9.17) is 5.73 Å². The van der Waals surface area contributed by atoms with Crippen molar-refractivity contribution < 1.29 is 25.9 Å². The van der Waals surface area contributed by atoms with Gasteiger partial charge < -0.3 is 5.73 Å². The number of hydrogen-bond acceptors (Lipinski definition) is 7. The second kappa shape index (κ2) is 6.95. The minimum absolute atomic E-state index is 0.171. The van der Waals surface area contributed by atoms with Crippen molar-refractivity contribution in [2.75, 3.05) is 5.73 Å². The highest BCUT2D eigenvalue weighted by molar-refractivity contribution is 7.86. The number of nitrogen functional groups attached to an aromatic ring is 1. The monoisotopic (exact) mass is 421 g/mol. The summed E-state index contributed by atoms with van der Waals surface area (Å²) in [6.07, 6.45) is 0. The molecular formula is C17H15N3O6S2. The lowest BCUT2D eigenvalue weighted by molar-refractivity contribution is 0.480. The van der Waals surface area contributed by atoms with Crippen LogP contribution < -0.4 is 5.73 Å². The molecule has 0 atom stereocenters. The van der Waals surface area contributed by atoms with Crippen molar-refractivity contribution in [3.8, 4) is 0 Å². The van der Waals surface area contributed by atoms with E-state index in [0.717, 1.165) is 0 Å². The molecule has 0 heterocycles. The topological polar surface area (TPSA) is 159 Å². The maximum Gasteiger partial charge on any atom is 0.294 e. The molecule has 0 aliphatic carbocycles. The van der Waals surface area contributed by atoms with Gasteiger partial charge in [-0.25, -0.2) is 0 Å². The quantitative estimate of drug-likeness (QED) is 0.329. The van der Waals surface area contributed by atoms with Crippen molar-refractivity contribution in [1.29, 1.82) is 0 Å². The zero-order valence-corrected chi connectivity index (χ0v) is 16.1. The van der Waals surface area contributed by atoms with Gasteiger partial charge in [0.15, 0.2) is 0 Å². The fraction of sp³-hybridized carbons (Fsp3) is 0.0588. The summed E-state index contributed by atoms with van der Waals surface area (Å²) >= 11 is 0. The van der Waals surface area contributed by atoms with Crippen LogP contribution in [0.3, 0.4) is 0 Å². The zero-order valence-electron chi connectivity index (χ0n) is 14.4. The number of anilines is 1. The lowest BCUT2D eigenvalue weighted by Gasteiger charge is -2.07. The van der Waals surface area contributed by atoms with E-state index in [0.29, 0.717) is 16.3 Å². The fourth-order valence-electron chi connectivity index (χ4n) is 2.62. The zero-order chi connectivity index (χ0) is 20.7. The summed E-state index contributed by atoms with van der Waals surface area (Å²) in [7, 11) is -8.77. The molecule has 146 valence electrons. The van der Waals surface area contributed by atoms with E-state index < -0.39 is 20.2 Å². The van der Waals surface area contributed by atoms with Gasteiger partial charge in [0, 0.05) is 5.39 Å². The van der Waals surface area contributed by atoms with Crippen LogP contribution in [-0.2, 0) is 20.2 Å². The molecule has 0 aromatic heterocycles. The van der Waals surface area contributed by atoms with Crippen molar-refractivity contribution >= 4 is 48.1 Å². The minimum atomic E-state index is -4.41. The Hall–Kier alpha value is -2.86. The van der Waals surface area contributed by atoms with E-state index in [1.54, 1.807) is 6.07 Å². The number of hydrogen-bond donors (Lipinski definition) is 3. The predicted molar refractivity (Wildman–Crippen MR) is 103 cm³/mol. The Morgan fingerprint density at radius 1 is 0.857 bits per heavy atom. The van der Waals surface area contributed by atoms with Gasteiger partial charge in [0.2, 0.25) is 0 Å². The van der Waals surface area contributed by atoms with E-state index in [9.17, 15) is 25.9 Å². The molecule has 3 rings (SSSR count). The van der Waals surface area contributed by atoms with Gasteiger partial charge >= 0.3 is 0 Å². The van der Waals surface area contributed by atoms with E-state index in [-0.39, 0.29) is 26.9 Å². The summed E-state index contributed by atoms with van der Waals surface area (Å²) in [5, 5.41) is 8.98. The summed E-state index contributed by atoms with van der Waals surface area (Å²) in [5.41, 5.74) is 6.97. The van der Waals surface area contributed by atoms with Crippen molar-refractivity contribution in [2.45, 2.75) is 16.7 Å². The van der Waals surface area contributed by atoms with E-state index in [1.807, 2.05) is 0 Å². The van der Waals surface area contributed by atoms with Crippen LogP contribution in [0.1, 0.15) is 5.56 Å². The van der Waals surface area contributed by atoms with Gasteiger partial charge in [-0.15, -0.1) is 5.11 Å². The lowest BCUT2D eigenvalue weighted by atomic mass is 10.1. The normalized spacial score (nSPS) is 12.7. The molecule has 28 heavy (non-hydrogen) atoms. The van der Waals surface area contributed by atoms with Crippen LogP contribution in [0.15, 0.2) is 68.6 Å². The van der Waals surface area contributed by atoms with Crippen LogP contribution in [-0.4, -0.2) is 25.9 Å². The first-order valence-electron chi connectivity index (χ1n) is 7.76. The largest absolute Gasteiger partial charge is 0.397 e. The SMILES string of the molecule is Cc1ccc(N=Nc2c(N)ccc3cc(S(=O)(=O)O)ccc23)cc1S(=O)(=O)O. The predicted octanol–water partition coefficient (Wildman–Crippen LogP) is 3.64. The molecule has 0 fully saturated rings. The number of azo groups is 1. The molecule has 3 aromatic carbocycles. The first-order valence-corrected chi connectivity index (χ1v) is 10.6. The molecule has 0 saturated heterocycles. The highest BCUT2D eigenvalue weighted by Gasteiger charge is 2.14. The van der Waals surface area contributed by atoms with Crippen LogP contribution in [0, 0.1) is 6.92 Å². The van der Waals surface area contributed by atoms with Crippen LogP contribution in [0.5, 0.6) is 0 Å².